The van der Waals surface area contributed by atoms with Crippen LogP contribution in [0.2, 0.25) is 0 Å². The van der Waals surface area contributed by atoms with E-state index >= 15 is 0 Å². The van der Waals surface area contributed by atoms with Crippen molar-refractivity contribution in [2.75, 3.05) is 13.1 Å². The van der Waals surface area contributed by atoms with Crippen molar-refractivity contribution in [1.29, 1.82) is 0 Å². The Labute approximate surface area is 81.1 Å². The third kappa shape index (κ3) is 3.62. The van der Waals surface area contributed by atoms with Crippen LogP contribution in [0, 0.1) is 5.41 Å². The van der Waals surface area contributed by atoms with Crippen LogP contribution in [0.15, 0.2) is 17.6 Å². The van der Waals surface area contributed by atoms with Crippen molar-refractivity contribution in [2.45, 2.75) is 33.1 Å². The summed E-state index contributed by atoms with van der Waals surface area (Å²) < 4.78 is 0. The van der Waals surface area contributed by atoms with Gasteiger partial charge in [0.15, 0.2) is 0 Å². The fraction of sp³-hybridized carbons (Fsp3) is 0.727. The van der Waals surface area contributed by atoms with Crippen LogP contribution in [0.25, 0.3) is 0 Å². The van der Waals surface area contributed by atoms with Crippen LogP contribution in [0.1, 0.15) is 33.1 Å². The number of nitrogens with one attached hydrogen (secondary N) is 1. The minimum absolute atomic E-state index is 0.429. The van der Waals surface area contributed by atoms with Crippen molar-refractivity contribution >= 4 is 5.84 Å². The van der Waals surface area contributed by atoms with Crippen LogP contribution in [0.5, 0.6) is 0 Å². The zero-order valence-electron chi connectivity index (χ0n) is 8.77. The van der Waals surface area contributed by atoms with Gasteiger partial charge in [-0.3, -0.25) is 4.99 Å². The Morgan fingerprint density at radius 2 is 2.38 bits per heavy atom. The van der Waals surface area contributed by atoms with Gasteiger partial charge in [-0.15, -0.1) is 6.58 Å². The molecule has 0 saturated carbocycles. The second kappa shape index (κ2) is 4.45. The maximum absolute atomic E-state index is 4.47. The second-order valence-electron chi connectivity index (χ2n) is 4.42. The molecule has 0 unspecified atom stereocenters. The molecule has 0 aromatic rings. The van der Waals surface area contributed by atoms with Gasteiger partial charge in [-0.05, 0) is 18.3 Å². The predicted octanol–water partition coefficient (Wildman–Crippen LogP) is 2.37. The minimum Gasteiger partial charge on any atom is -0.374 e. The molecule has 13 heavy (non-hydrogen) atoms. The van der Waals surface area contributed by atoms with E-state index in [0.29, 0.717) is 5.41 Å². The lowest BCUT2D eigenvalue weighted by molar-refractivity contribution is 0.339. The number of hydrogen-bond acceptors (Lipinski definition) is 2. The lowest BCUT2D eigenvalue weighted by Crippen LogP contribution is -2.33. The molecule has 0 aliphatic carbocycles. The predicted molar refractivity (Wildman–Crippen MR) is 58.1 cm³/mol. The first kappa shape index (κ1) is 10.3. The highest BCUT2D eigenvalue weighted by atomic mass is 15.0. The molecule has 0 radical (unpaired) electrons. The van der Waals surface area contributed by atoms with Gasteiger partial charge in [-0.25, -0.2) is 0 Å². The average Bonchev–Trinajstić information content (AvgIpc) is 2.03. The zero-order valence-corrected chi connectivity index (χ0v) is 8.77. The monoisotopic (exact) mass is 180 g/mol. The van der Waals surface area contributed by atoms with E-state index in [1.807, 2.05) is 6.08 Å². The average molecular weight is 180 g/mol. The molecule has 1 aliphatic rings. The van der Waals surface area contributed by atoms with Gasteiger partial charge in [0.2, 0.25) is 0 Å². The van der Waals surface area contributed by atoms with Crippen molar-refractivity contribution in [1.82, 2.24) is 5.32 Å². The fourth-order valence-electron chi connectivity index (χ4n) is 1.53. The molecule has 0 aromatic heterocycles. The molecule has 2 nitrogen and oxygen atoms in total. The standard InChI is InChI=1S/C11H20N2/c1-4-5-7-12-10-9-11(2,3)6-8-13-10/h4H,1,5-9H2,2-3H3,(H,12,13). The summed E-state index contributed by atoms with van der Waals surface area (Å²) in [5, 5.41) is 3.36. The van der Waals surface area contributed by atoms with Gasteiger partial charge >= 0.3 is 0 Å². The molecule has 0 saturated heterocycles. The summed E-state index contributed by atoms with van der Waals surface area (Å²) in [6.45, 7) is 10.2. The number of hydrogen-bond donors (Lipinski definition) is 1. The molecule has 1 N–H and O–H groups in total. The summed E-state index contributed by atoms with van der Waals surface area (Å²) >= 11 is 0. The van der Waals surface area contributed by atoms with E-state index in [1.54, 1.807) is 0 Å². The van der Waals surface area contributed by atoms with Gasteiger partial charge in [-0.1, -0.05) is 19.9 Å². The number of rotatable bonds is 3. The second-order valence-corrected chi connectivity index (χ2v) is 4.42. The highest BCUT2D eigenvalue weighted by Crippen LogP contribution is 2.28. The van der Waals surface area contributed by atoms with E-state index in [1.165, 1.54) is 12.3 Å². The minimum atomic E-state index is 0.429. The van der Waals surface area contributed by atoms with Crippen LogP contribution in [-0.4, -0.2) is 18.9 Å². The van der Waals surface area contributed by atoms with E-state index in [2.05, 4.69) is 30.7 Å². The molecule has 1 heterocycles. The van der Waals surface area contributed by atoms with Crippen LogP contribution < -0.4 is 5.32 Å². The fourth-order valence-corrected chi connectivity index (χ4v) is 1.53. The van der Waals surface area contributed by atoms with Crippen LogP contribution in [0.4, 0.5) is 0 Å². The van der Waals surface area contributed by atoms with Gasteiger partial charge in [-0.2, -0.15) is 0 Å². The first-order valence-electron chi connectivity index (χ1n) is 5.02. The molecular formula is C11H20N2. The highest BCUT2D eigenvalue weighted by Gasteiger charge is 2.23. The summed E-state index contributed by atoms with van der Waals surface area (Å²) in [5.41, 5.74) is 0.429. The van der Waals surface area contributed by atoms with E-state index in [4.69, 9.17) is 0 Å². The quantitative estimate of drug-likeness (QED) is 0.523. The van der Waals surface area contributed by atoms with Gasteiger partial charge < -0.3 is 5.32 Å². The Bertz CT molecular complexity index is 204. The molecule has 0 spiro atoms. The normalized spacial score (nSPS) is 20.6. The van der Waals surface area contributed by atoms with Gasteiger partial charge in [0.25, 0.3) is 0 Å². The Morgan fingerprint density at radius 3 is 3.00 bits per heavy atom. The van der Waals surface area contributed by atoms with Crippen LogP contribution >= 0.6 is 0 Å². The molecule has 1 rings (SSSR count). The summed E-state index contributed by atoms with van der Waals surface area (Å²) in [7, 11) is 0. The lowest BCUT2D eigenvalue weighted by atomic mass is 9.83. The van der Waals surface area contributed by atoms with Crippen molar-refractivity contribution in [3.63, 3.8) is 0 Å². The van der Waals surface area contributed by atoms with Crippen molar-refractivity contribution < 1.29 is 0 Å². The summed E-state index contributed by atoms with van der Waals surface area (Å²) in [5.74, 6) is 1.18. The summed E-state index contributed by atoms with van der Waals surface area (Å²) in [6.07, 6.45) is 5.24. The molecule has 0 atom stereocenters. The number of aliphatic imine (C=N–C) groups is 1. The van der Waals surface area contributed by atoms with Crippen molar-refractivity contribution in [3.05, 3.63) is 12.7 Å². The topological polar surface area (TPSA) is 24.4 Å². The molecule has 0 fully saturated rings. The number of nitrogens with zero attached hydrogens (tertiary/aromatic N) is 1. The number of amidine groups is 1. The Kier molecular flexibility index (Phi) is 3.52. The van der Waals surface area contributed by atoms with Crippen molar-refractivity contribution in [2.24, 2.45) is 10.4 Å². The van der Waals surface area contributed by atoms with E-state index in [9.17, 15) is 0 Å². The van der Waals surface area contributed by atoms with E-state index < -0.39 is 0 Å². The van der Waals surface area contributed by atoms with Crippen molar-refractivity contribution in [3.8, 4) is 0 Å². The molecule has 74 valence electrons. The molecular weight excluding hydrogens is 160 g/mol. The SMILES string of the molecule is C=CCCNC1=NCCC(C)(C)C1. The largest absolute Gasteiger partial charge is 0.374 e. The maximum Gasteiger partial charge on any atom is 0.0968 e. The Hall–Kier alpha value is -0.790. The Balaban J connectivity index is 2.33. The van der Waals surface area contributed by atoms with Gasteiger partial charge in [0, 0.05) is 19.5 Å². The van der Waals surface area contributed by atoms with Crippen LogP contribution in [-0.2, 0) is 0 Å². The molecule has 2 heteroatoms. The summed E-state index contributed by atoms with van der Waals surface area (Å²) in [4.78, 5) is 4.47. The maximum atomic E-state index is 4.47. The first-order chi connectivity index (χ1) is 6.14. The van der Waals surface area contributed by atoms with Crippen LogP contribution in [0.3, 0.4) is 0 Å². The third-order valence-electron chi connectivity index (χ3n) is 2.41. The highest BCUT2D eigenvalue weighted by molar-refractivity contribution is 5.83. The molecule has 0 bridgehead atoms. The smallest absolute Gasteiger partial charge is 0.0968 e. The zero-order chi connectivity index (χ0) is 9.73. The molecule has 1 aliphatic heterocycles. The first-order valence-corrected chi connectivity index (χ1v) is 5.02. The van der Waals surface area contributed by atoms with E-state index in [-0.39, 0.29) is 0 Å². The Morgan fingerprint density at radius 1 is 1.62 bits per heavy atom. The molecule has 0 amide bonds. The van der Waals surface area contributed by atoms with E-state index in [0.717, 1.165) is 25.9 Å². The molecule has 0 aromatic carbocycles. The summed E-state index contributed by atoms with van der Waals surface area (Å²) in [6, 6.07) is 0. The van der Waals surface area contributed by atoms with Gasteiger partial charge in [0.05, 0.1) is 5.84 Å². The lowest BCUT2D eigenvalue weighted by Gasteiger charge is -2.29. The van der Waals surface area contributed by atoms with Gasteiger partial charge in [0.1, 0.15) is 0 Å². The third-order valence-corrected chi connectivity index (χ3v) is 2.41.